The van der Waals surface area contributed by atoms with Gasteiger partial charge in [0.25, 0.3) is 0 Å². The monoisotopic (exact) mass is 178 g/mol. The minimum absolute atomic E-state index is 0.196. The van der Waals surface area contributed by atoms with Crippen molar-refractivity contribution in [3.63, 3.8) is 0 Å². The summed E-state index contributed by atoms with van der Waals surface area (Å²) in [5.41, 5.74) is 0.887. The summed E-state index contributed by atoms with van der Waals surface area (Å²) in [4.78, 5) is 10.1. The van der Waals surface area contributed by atoms with E-state index in [-0.39, 0.29) is 5.75 Å². The van der Waals surface area contributed by atoms with E-state index in [1.54, 1.807) is 18.2 Å². The van der Waals surface area contributed by atoms with Crippen LogP contribution in [0.1, 0.15) is 5.56 Å². The van der Waals surface area contributed by atoms with Gasteiger partial charge in [-0.25, -0.2) is 4.79 Å². The predicted molar refractivity (Wildman–Crippen MR) is 48.6 cm³/mol. The minimum Gasteiger partial charge on any atom is -0.508 e. The third-order valence-electron chi connectivity index (χ3n) is 1.52. The van der Waals surface area contributed by atoms with Crippen molar-refractivity contribution in [2.75, 3.05) is 0 Å². The van der Waals surface area contributed by atoms with Gasteiger partial charge >= 0.3 is 5.97 Å². The molecule has 0 aliphatic carbocycles. The first kappa shape index (κ1) is 9.32. The van der Waals surface area contributed by atoms with E-state index in [9.17, 15) is 4.79 Å². The van der Waals surface area contributed by atoms with Crippen LogP contribution < -0.4 is 0 Å². The number of carboxylic acid groups (broad SMARTS) is 1. The number of hydrogen-bond acceptors (Lipinski definition) is 2. The number of aliphatic carboxylic acids is 1. The third-order valence-corrected chi connectivity index (χ3v) is 1.52. The molecule has 3 nitrogen and oxygen atoms in total. The molecule has 0 spiro atoms. The predicted octanol–water partition coefficient (Wildman–Crippen LogP) is 1.58. The number of phenols is 1. The summed E-state index contributed by atoms with van der Waals surface area (Å²) in [5.74, 6) is -0.763. The van der Waals surface area contributed by atoms with Gasteiger partial charge in [0.1, 0.15) is 5.75 Å². The third kappa shape index (κ3) is 3.42. The Bertz CT molecular complexity index is 329. The topological polar surface area (TPSA) is 57.5 Å². The van der Waals surface area contributed by atoms with Crippen molar-refractivity contribution in [3.8, 4) is 5.75 Å². The smallest absolute Gasteiger partial charge is 0.327 e. The largest absolute Gasteiger partial charge is 0.508 e. The highest BCUT2D eigenvalue weighted by atomic mass is 16.4. The van der Waals surface area contributed by atoms with Crippen LogP contribution in [0, 0.1) is 0 Å². The minimum atomic E-state index is -0.958. The fourth-order valence-electron chi connectivity index (χ4n) is 0.979. The lowest BCUT2D eigenvalue weighted by Gasteiger charge is -1.96. The lowest BCUT2D eigenvalue weighted by Crippen LogP contribution is -1.87. The number of carboxylic acids is 1. The first-order valence-electron chi connectivity index (χ1n) is 3.86. The van der Waals surface area contributed by atoms with Gasteiger partial charge in [-0.3, -0.25) is 0 Å². The maximum Gasteiger partial charge on any atom is 0.327 e. The SMILES string of the molecule is O=C(O)/C=C/Cc1cccc(O)c1. The van der Waals surface area contributed by atoms with Gasteiger partial charge < -0.3 is 10.2 Å². The van der Waals surface area contributed by atoms with Gasteiger partial charge in [0.2, 0.25) is 0 Å². The molecule has 0 bridgehead atoms. The molecule has 0 radical (unpaired) electrons. The molecule has 68 valence electrons. The van der Waals surface area contributed by atoms with Gasteiger partial charge in [-0.05, 0) is 24.1 Å². The average molecular weight is 178 g/mol. The second-order valence-corrected chi connectivity index (χ2v) is 2.61. The molecule has 0 atom stereocenters. The quantitative estimate of drug-likeness (QED) is 0.691. The van der Waals surface area contributed by atoms with Crippen molar-refractivity contribution in [2.24, 2.45) is 0 Å². The van der Waals surface area contributed by atoms with Gasteiger partial charge in [0, 0.05) is 6.08 Å². The molecule has 0 unspecified atom stereocenters. The number of hydrogen-bond donors (Lipinski definition) is 2. The van der Waals surface area contributed by atoms with Gasteiger partial charge in [-0.15, -0.1) is 0 Å². The number of rotatable bonds is 3. The summed E-state index contributed by atoms with van der Waals surface area (Å²) in [6, 6.07) is 6.72. The number of allylic oxidation sites excluding steroid dienone is 1. The summed E-state index contributed by atoms with van der Waals surface area (Å²) in [6.07, 6.45) is 3.14. The Morgan fingerprint density at radius 1 is 1.46 bits per heavy atom. The Kier molecular flexibility index (Phi) is 3.09. The summed E-state index contributed by atoms with van der Waals surface area (Å²) in [6.45, 7) is 0. The van der Waals surface area contributed by atoms with Crippen molar-refractivity contribution < 1.29 is 15.0 Å². The highest BCUT2D eigenvalue weighted by Gasteiger charge is 1.91. The molecule has 0 aliphatic heterocycles. The summed E-state index contributed by atoms with van der Waals surface area (Å²) in [7, 11) is 0. The zero-order valence-electron chi connectivity index (χ0n) is 6.97. The fourth-order valence-corrected chi connectivity index (χ4v) is 0.979. The van der Waals surface area contributed by atoms with Crippen molar-refractivity contribution in [3.05, 3.63) is 42.0 Å². The molecule has 0 aliphatic rings. The van der Waals surface area contributed by atoms with Crippen molar-refractivity contribution in [1.82, 2.24) is 0 Å². The van der Waals surface area contributed by atoms with Crippen LogP contribution in [-0.4, -0.2) is 16.2 Å². The van der Waals surface area contributed by atoms with E-state index < -0.39 is 5.97 Å². The maximum atomic E-state index is 10.1. The van der Waals surface area contributed by atoms with Crippen molar-refractivity contribution >= 4 is 5.97 Å². The molecule has 0 saturated heterocycles. The first-order chi connectivity index (χ1) is 6.18. The van der Waals surface area contributed by atoms with E-state index in [1.807, 2.05) is 6.07 Å². The van der Waals surface area contributed by atoms with E-state index in [2.05, 4.69) is 0 Å². The molecule has 0 fully saturated rings. The van der Waals surface area contributed by atoms with E-state index in [1.165, 1.54) is 6.08 Å². The maximum absolute atomic E-state index is 10.1. The Balaban J connectivity index is 2.59. The van der Waals surface area contributed by atoms with Crippen LogP contribution >= 0.6 is 0 Å². The van der Waals surface area contributed by atoms with Crippen LogP contribution in [0.5, 0.6) is 5.75 Å². The molecular formula is C10H10O3. The second kappa shape index (κ2) is 4.30. The standard InChI is InChI=1S/C10H10O3/c11-9-5-1-3-8(7-9)4-2-6-10(12)13/h1-3,5-7,11H,4H2,(H,12,13)/b6-2+. The molecule has 1 rings (SSSR count). The molecule has 0 heterocycles. The average Bonchev–Trinajstić information content (AvgIpc) is 2.03. The highest BCUT2D eigenvalue weighted by Crippen LogP contribution is 2.11. The number of benzene rings is 1. The Morgan fingerprint density at radius 2 is 2.23 bits per heavy atom. The van der Waals surface area contributed by atoms with E-state index >= 15 is 0 Å². The van der Waals surface area contributed by atoms with Crippen LogP contribution in [0.2, 0.25) is 0 Å². The van der Waals surface area contributed by atoms with Crippen LogP contribution in [0.25, 0.3) is 0 Å². The lowest BCUT2D eigenvalue weighted by molar-refractivity contribution is -0.131. The molecule has 13 heavy (non-hydrogen) atoms. The van der Waals surface area contributed by atoms with Crippen molar-refractivity contribution in [2.45, 2.75) is 6.42 Å². The highest BCUT2D eigenvalue weighted by molar-refractivity contribution is 5.79. The Labute approximate surface area is 76.0 Å². The van der Waals surface area contributed by atoms with Crippen LogP contribution in [-0.2, 0) is 11.2 Å². The fraction of sp³-hybridized carbons (Fsp3) is 0.100. The zero-order chi connectivity index (χ0) is 9.68. The summed E-state index contributed by atoms with van der Waals surface area (Å²) in [5, 5.41) is 17.4. The van der Waals surface area contributed by atoms with Gasteiger partial charge in [0.05, 0.1) is 0 Å². The first-order valence-corrected chi connectivity index (χ1v) is 3.86. The molecule has 0 amide bonds. The number of aromatic hydroxyl groups is 1. The molecule has 1 aromatic carbocycles. The molecule has 1 aromatic rings. The number of phenolic OH excluding ortho intramolecular Hbond substituents is 1. The normalized spacial score (nSPS) is 10.5. The molecule has 0 saturated carbocycles. The number of carbonyl (C=O) groups is 1. The van der Waals surface area contributed by atoms with Crippen LogP contribution in [0.15, 0.2) is 36.4 Å². The van der Waals surface area contributed by atoms with Gasteiger partial charge in [-0.1, -0.05) is 18.2 Å². The van der Waals surface area contributed by atoms with Gasteiger partial charge in [-0.2, -0.15) is 0 Å². The van der Waals surface area contributed by atoms with Crippen LogP contribution in [0.4, 0.5) is 0 Å². The molecule has 3 heteroatoms. The zero-order valence-corrected chi connectivity index (χ0v) is 6.97. The Hall–Kier alpha value is -1.77. The van der Waals surface area contributed by atoms with Gasteiger partial charge in [0.15, 0.2) is 0 Å². The van der Waals surface area contributed by atoms with E-state index in [0.29, 0.717) is 6.42 Å². The summed E-state index contributed by atoms with van der Waals surface area (Å²) < 4.78 is 0. The second-order valence-electron chi connectivity index (χ2n) is 2.61. The van der Waals surface area contributed by atoms with E-state index in [4.69, 9.17) is 10.2 Å². The molecule has 2 N–H and O–H groups in total. The lowest BCUT2D eigenvalue weighted by atomic mass is 10.1. The molecular weight excluding hydrogens is 168 g/mol. The summed E-state index contributed by atoms with van der Waals surface area (Å²) >= 11 is 0. The van der Waals surface area contributed by atoms with E-state index in [0.717, 1.165) is 11.6 Å². The van der Waals surface area contributed by atoms with Crippen LogP contribution in [0.3, 0.4) is 0 Å². The molecule has 0 aromatic heterocycles. The Morgan fingerprint density at radius 3 is 2.85 bits per heavy atom. The van der Waals surface area contributed by atoms with Crippen molar-refractivity contribution in [1.29, 1.82) is 0 Å².